The molecule has 0 atom stereocenters. The minimum atomic E-state index is -0.336. The zero-order valence-corrected chi connectivity index (χ0v) is 12.2. The molecule has 0 radical (unpaired) electrons. The average molecular weight is 300 g/mol. The second kappa shape index (κ2) is 5.93. The standard InChI is InChI=1S/C16H16N2O4/c1-21-14-10-11(17-16(20)13-4-3-9-22-13)6-7-12(14)18-8-2-5-15(18)19/h3-4,6-7,9-10H,2,5,8H2,1H3,(H,17,20). The lowest BCUT2D eigenvalue weighted by atomic mass is 10.2. The van der Waals surface area contributed by atoms with Crippen LogP contribution in [0, 0.1) is 0 Å². The molecule has 1 aromatic carbocycles. The molecule has 6 nitrogen and oxygen atoms in total. The third-order valence-corrected chi connectivity index (χ3v) is 3.55. The van der Waals surface area contributed by atoms with E-state index in [0.29, 0.717) is 24.4 Å². The van der Waals surface area contributed by atoms with Crippen molar-refractivity contribution in [2.75, 3.05) is 23.9 Å². The maximum Gasteiger partial charge on any atom is 0.291 e. The number of benzene rings is 1. The number of furan rings is 1. The van der Waals surface area contributed by atoms with Crippen molar-refractivity contribution in [1.82, 2.24) is 0 Å². The first kappa shape index (κ1) is 14.2. The highest BCUT2D eigenvalue weighted by Gasteiger charge is 2.24. The first-order valence-electron chi connectivity index (χ1n) is 7.02. The number of carbonyl (C=O) groups excluding carboxylic acids is 2. The van der Waals surface area contributed by atoms with Gasteiger partial charge in [-0.1, -0.05) is 0 Å². The minimum Gasteiger partial charge on any atom is -0.494 e. The highest BCUT2D eigenvalue weighted by atomic mass is 16.5. The number of hydrogen-bond acceptors (Lipinski definition) is 4. The Morgan fingerprint density at radius 2 is 2.23 bits per heavy atom. The van der Waals surface area contributed by atoms with Crippen LogP contribution in [0.25, 0.3) is 0 Å². The van der Waals surface area contributed by atoms with Crippen LogP contribution in [-0.4, -0.2) is 25.5 Å². The molecule has 2 amide bonds. The van der Waals surface area contributed by atoms with Gasteiger partial charge in [-0.15, -0.1) is 0 Å². The van der Waals surface area contributed by atoms with Crippen LogP contribution in [0.5, 0.6) is 5.75 Å². The fraction of sp³-hybridized carbons (Fsp3) is 0.250. The van der Waals surface area contributed by atoms with Gasteiger partial charge in [0.2, 0.25) is 5.91 Å². The predicted molar refractivity (Wildman–Crippen MR) is 81.2 cm³/mol. The van der Waals surface area contributed by atoms with E-state index in [0.717, 1.165) is 12.1 Å². The fourth-order valence-corrected chi connectivity index (χ4v) is 2.48. The quantitative estimate of drug-likeness (QED) is 0.942. The maximum atomic E-state index is 12.0. The van der Waals surface area contributed by atoms with Crippen molar-refractivity contribution in [3.63, 3.8) is 0 Å². The van der Waals surface area contributed by atoms with E-state index < -0.39 is 0 Å². The molecule has 1 saturated heterocycles. The Balaban J connectivity index is 1.82. The number of methoxy groups -OCH3 is 1. The first-order chi connectivity index (χ1) is 10.7. The molecular formula is C16H16N2O4. The van der Waals surface area contributed by atoms with Crippen molar-refractivity contribution in [2.45, 2.75) is 12.8 Å². The van der Waals surface area contributed by atoms with Crippen LogP contribution in [0.1, 0.15) is 23.4 Å². The lowest BCUT2D eigenvalue weighted by Crippen LogP contribution is -2.24. The van der Waals surface area contributed by atoms with Crippen LogP contribution >= 0.6 is 0 Å². The molecule has 1 aromatic heterocycles. The van der Waals surface area contributed by atoms with Crippen molar-refractivity contribution >= 4 is 23.2 Å². The Bertz CT molecular complexity index is 694. The Labute approximate surface area is 127 Å². The smallest absolute Gasteiger partial charge is 0.291 e. The zero-order valence-electron chi connectivity index (χ0n) is 12.2. The minimum absolute atomic E-state index is 0.0886. The molecule has 114 valence electrons. The maximum absolute atomic E-state index is 12.0. The van der Waals surface area contributed by atoms with Gasteiger partial charge < -0.3 is 19.4 Å². The summed E-state index contributed by atoms with van der Waals surface area (Å²) in [7, 11) is 1.54. The molecule has 2 heterocycles. The van der Waals surface area contributed by atoms with Gasteiger partial charge in [-0.3, -0.25) is 9.59 Å². The number of rotatable bonds is 4. The van der Waals surface area contributed by atoms with Crippen molar-refractivity contribution in [3.05, 3.63) is 42.4 Å². The molecule has 3 rings (SSSR count). The van der Waals surface area contributed by atoms with Gasteiger partial charge in [0.1, 0.15) is 5.75 Å². The fourth-order valence-electron chi connectivity index (χ4n) is 2.48. The first-order valence-corrected chi connectivity index (χ1v) is 7.02. The van der Waals surface area contributed by atoms with Gasteiger partial charge in [0.15, 0.2) is 5.76 Å². The van der Waals surface area contributed by atoms with Gasteiger partial charge in [0, 0.05) is 24.7 Å². The van der Waals surface area contributed by atoms with Gasteiger partial charge in [-0.2, -0.15) is 0 Å². The van der Waals surface area contributed by atoms with E-state index >= 15 is 0 Å². The van der Waals surface area contributed by atoms with E-state index in [1.54, 1.807) is 35.2 Å². The van der Waals surface area contributed by atoms with Crippen LogP contribution < -0.4 is 15.0 Å². The van der Waals surface area contributed by atoms with E-state index in [-0.39, 0.29) is 17.6 Å². The number of anilines is 2. The Hall–Kier alpha value is -2.76. The molecule has 1 N–H and O–H groups in total. The topological polar surface area (TPSA) is 71.8 Å². The lowest BCUT2D eigenvalue weighted by molar-refractivity contribution is -0.117. The molecule has 1 aliphatic rings. The second-order valence-electron chi connectivity index (χ2n) is 4.97. The average Bonchev–Trinajstić information content (AvgIpc) is 3.18. The number of nitrogens with one attached hydrogen (secondary N) is 1. The highest BCUT2D eigenvalue weighted by molar-refractivity contribution is 6.03. The number of amides is 2. The molecule has 22 heavy (non-hydrogen) atoms. The molecule has 0 aliphatic carbocycles. The number of carbonyl (C=O) groups is 2. The number of ether oxygens (including phenoxy) is 1. The van der Waals surface area contributed by atoms with Crippen molar-refractivity contribution in [3.8, 4) is 5.75 Å². The van der Waals surface area contributed by atoms with E-state index in [1.165, 1.54) is 13.4 Å². The highest BCUT2D eigenvalue weighted by Crippen LogP contribution is 2.33. The summed E-state index contributed by atoms with van der Waals surface area (Å²) in [5.74, 6) is 0.535. The van der Waals surface area contributed by atoms with Crippen LogP contribution in [0.3, 0.4) is 0 Å². The van der Waals surface area contributed by atoms with Crippen LogP contribution in [0.4, 0.5) is 11.4 Å². The van der Waals surface area contributed by atoms with Gasteiger partial charge in [0.05, 0.1) is 19.1 Å². The third kappa shape index (κ3) is 2.67. The third-order valence-electron chi connectivity index (χ3n) is 3.55. The van der Waals surface area contributed by atoms with E-state index in [2.05, 4.69) is 5.32 Å². The van der Waals surface area contributed by atoms with Crippen LogP contribution in [0.15, 0.2) is 41.0 Å². The summed E-state index contributed by atoms with van der Waals surface area (Å²) in [5, 5.41) is 2.73. The molecule has 1 fully saturated rings. The molecule has 0 spiro atoms. The Morgan fingerprint density at radius 1 is 1.36 bits per heavy atom. The van der Waals surface area contributed by atoms with E-state index in [4.69, 9.17) is 9.15 Å². The van der Waals surface area contributed by atoms with Crippen LogP contribution in [-0.2, 0) is 4.79 Å². The van der Waals surface area contributed by atoms with Gasteiger partial charge in [-0.05, 0) is 30.7 Å². The van der Waals surface area contributed by atoms with Crippen molar-refractivity contribution in [2.24, 2.45) is 0 Å². The summed E-state index contributed by atoms with van der Waals surface area (Å²) in [4.78, 5) is 25.5. The zero-order chi connectivity index (χ0) is 15.5. The van der Waals surface area contributed by atoms with E-state index in [1.807, 2.05) is 0 Å². The molecule has 6 heteroatoms. The van der Waals surface area contributed by atoms with Crippen molar-refractivity contribution < 1.29 is 18.7 Å². The Kier molecular flexibility index (Phi) is 3.82. The molecule has 1 aliphatic heterocycles. The summed E-state index contributed by atoms with van der Waals surface area (Å²) in [6.07, 6.45) is 2.84. The van der Waals surface area contributed by atoms with Crippen LogP contribution in [0.2, 0.25) is 0 Å². The largest absolute Gasteiger partial charge is 0.494 e. The normalized spacial score (nSPS) is 14.2. The summed E-state index contributed by atoms with van der Waals surface area (Å²) in [6, 6.07) is 8.45. The summed E-state index contributed by atoms with van der Waals surface area (Å²) >= 11 is 0. The molecule has 0 unspecified atom stereocenters. The second-order valence-corrected chi connectivity index (χ2v) is 4.97. The summed E-state index contributed by atoms with van der Waals surface area (Å²) in [5.41, 5.74) is 1.30. The van der Waals surface area contributed by atoms with Gasteiger partial charge in [0.25, 0.3) is 5.91 Å². The molecule has 2 aromatic rings. The molecular weight excluding hydrogens is 284 g/mol. The van der Waals surface area contributed by atoms with Crippen molar-refractivity contribution in [1.29, 1.82) is 0 Å². The summed E-state index contributed by atoms with van der Waals surface area (Å²) < 4.78 is 10.4. The van der Waals surface area contributed by atoms with E-state index in [9.17, 15) is 9.59 Å². The van der Waals surface area contributed by atoms with Gasteiger partial charge >= 0.3 is 0 Å². The number of nitrogens with zero attached hydrogens (tertiary/aromatic N) is 1. The number of hydrogen-bond donors (Lipinski definition) is 1. The predicted octanol–water partition coefficient (Wildman–Crippen LogP) is 2.67. The summed E-state index contributed by atoms with van der Waals surface area (Å²) in [6.45, 7) is 0.688. The lowest BCUT2D eigenvalue weighted by Gasteiger charge is -2.19. The molecule has 0 saturated carbocycles. The SMILES string of the molecule is COc1cc(NC(=O)c2ccco2)ccc1N1CCCC1=O. The molecule has 0 bridgehead atoms. The van der Waals surface area contributed by atoms with Gasteiger partial charge in [-0.25, -0.2) is 0 Å². The Morgan fingerprint density at radius 3 is 2.86 bits per heavy atom. The monoisotopic (exact) mass is 300 g/mol.